The first kappa shape index (κ1) is 25.0. The van der Waals surface area contributed by atoms with Gasteiger partial charge in [-0.2, -0.15) is 5.10 Å². The van der Waals surface area contributed by atoms with Crippen LogP contribution in [0.5, 0.6) is 0 Å². The van der Waals surface area contributed by atoms with E-state index >= 15 is 0 Å². The van der Waals surface area contributed by atoms with E-state index < -0.39 is 42.3 Å². The Kier molecular flexibility index (Phi) is 6.33. The average Bonchev–Trinajstić information content (AvgIpc) is 3.31. The molecule has 0 bridgehead atoms. The van der Waals surface area contributed by atoms with Crippen LogP contribution in [0, 0.1) is 11.6 Å². The molecular formula is C25H16Cl2F4N4O2. The highest BCUT2D eigenvalue weighted by molar-refractivity contribution is 6.32. The number of hydrogen-bond donors (Lipinski definition) is 2. The summed E-state index contributed by atoms with van der Waals surface area (Å²) in [5.41, 5.74) is 0.648. The molecular weight excluding hydrogens is 535 g/mol. The van der Waals surface area contributed by atoms with E-state index in [1.807, 2.05) is 0 Å². The molecule has 0 aliphatic carbocycles. The Hall–Kier alpha value is -3.63. The standard InChI is InChI=1S/C25H16Cl2F4N4O2/c1-35-18(9-19(30)31)15-8-17(32-24(36)10-4-11(26)6-13(29)5-10)20-21(23(15)34-35)25(37)33-22(20)14-7-12(28)2-3-16(14)27/h2-8,19,22H,9H2,1H3,(H,32,36)(H,33,37). The van der Waals surface area contributed by atoms with Crippen molar-refractivity contribution in [2.24, 2.45) is 7.05 Å². The SMILES string of the molecule is Cn1nc2c3c(c(NC(=O)c4cc(F)cc(Cl)c4)cc2c1CC(F)F)C(c1cc(F)ccc1Cl)NC3=O. The summed E-state index contributed by atoms with van der Waals surface area (Å²) in [6.45, 7) is 0. The molecule has 6 nitrogen and oxygen atoms in total. The smallest absolute Gasteiger partial charge is 0.255 e. The van der Waals surface area contributed by atoms with Crippen molar-refractivity contribution in [2.75, 3.05) is 5.32 Å². The zero-order valence-electron chi connectivity index (χ0n) is 18.9. The van der Waals surface area contributed by atoms with E-state index in [-0.39, 0.29) is 54.6 Å². The topological polar surface area (TPSA) is 76.0 Å². The molecule has 1 aliphatic heterocycles. The molecule has 190 valence electrons. The highest BCUT2D eigenvalue weighted by Gasteiger charge is 2.38. The van der Waals surface area contributed by atoms with E-state index in [2.05, 4.69) is 15.7 Å². The van der Waals surface area contributed by atoms with E-state index in [4.69, 9.17) is 23.2 Å². The van der Waals surface area contributed by atoms with Crippen LogP contribution < -0.4 is 10.6 Å². The van der Waals surface area contributed by atoms with Crippen LogP contribution in [-0.2, 0) is 13.5 Å². The number of halogens is 6. The van der Waals surface area contributed by atoms with Crippen LogP contribution in [0.25, 0.3) is 10.9 Å². The lowest BCUT2D eigenvalue weighted by Gasteiger charge is -2.18. The van der Waals surface area contributed by atoms with Crippen molar-refractivity contribution in [2.45, 2.75) is 18.9 Å². The molecule has 4 aromatic rings. The molecule has 37 heavy (non-hydrogen) atoms. The van der Waals surface area contributed by atoms with Gasteiger partial charge in [-0.1, -0.05) is 23.2 Å². The van der Waals surface area contributed by atoms with Gasteiger partial charge in [0.15, 0.2) is 0 Å². The number of hydrogen-bond acceptors (Lipinski definition) is 3. The number of rotatable bonds is 5. The summed E-state index contributed by atoms with van der Waals surface area (Å²) in [4.78, 5) is 26.3. The fraction of sp³-hybridized carbons (Fsp3) is 0.160. The van der Waals surface area contributed by atoms with Crippen LogP contribution in [0.3, 0.4) is 0 Å². The van der Waals surface area contributed by atoms with Gasteiger partial charge < -0.3 is 10.6 Å². The molecule has 2 amide bonds. The number of benzene rings is 3. The van der Waals surface area contributed by atoms with E-state index in [0.29, 0.717) is 0 Å². The average molecular weight is 551 g/mol. The van der Waals surface area contributed by atoms with Gasteiger partial charge in [-0.15, -0.1) is 0 Å². The maximum absolute atomic E-state index is 14.1. The minimum Gasteiger partial charge on any atom is -0.341 e. The number of carbonyl (C=O) groups is 2. The molecule has 2 heterocycles. The number of aryl methyl sites for hydroxylation is 1. The third-order valence-electron chi connectivity index (χ3n) is 6.07. The highest BCUT2D eigenvalue weighted by Crippen LogP contribution is 2.43. The Morgan fingerprint density at radius 2 is 1.89 bits per heavy atom. The van der Waals surface area contributed by atoms with Crippen molar-refractivity contribution in [3.63, 3.8) is 0 Å². The van der Waals surface area contributed by atoms with Gasteiger partial charge in [0.25, 0.3) is 11.8 Å². The highest BCUT2D eigenvalue weighted by atomic mass is 35.5. The van der Waals surface area contributed by atoms with Gasteiger partial charge in [-0.05, 0) is 42.5 Å². The normalized spacial score (nSPS) is 14.8. The molecule has 1 aliphatic rings. The number of amides is 2. The van der Waals surface area contributed by atoms with Crippen LogP contribution in [0.4, 0.5) is 23.2 Å². The Balaban J connectivity index is 1.75. The second-order valence-electron chi connectivity index (χ2n) is 8.46. The molecule has 0 saturated heterocycles. The lowest BCUT2D eigenvalue weighted by Crippen LogP contribution is -2.21. The monoisotopic (exact) mass is 550 g/mol. The first-order chi connectivity index (χ1) is 17.5. The van der Waals surface area contributed by atoms with Crippen LogP contribution in [-0.4, -0.2) is 28.0 Å². The Morgan fingerprint density at radius 3 is 2.59 bits per heavy atom. The Morgan fingerprint density at radius 1 is 1.14 bits per heavy atom. The fourth-order valence-corrected chi connectivity index (χ4v) is 4.99. The summed E-state index contributed by atoms with van der Waals surface area (Å²) in [6.07, 6.45) is -3.36. The van der Waals surface area contributed by atoms with Gasteiger partial charge in [0.2, 0.25) is 6.43 Å². The van der Waals surface area contributed by atoms with Gasteiger partial charge in [0, 0.05) is 44.9 Å². The summed E-state index contributed by atoms with van der Waals surface area (Å²) in [7, 11) is 1.46. The summed E-state index contributed by atoms with van der Waals surface area (Å²) >= 11 is 12.2. The van der Waals surface area contributed by atoms with Crippen LogP contribution in [0.15, 0.2) is 42.5 Å². The molecule has 3 aromatic carbocycles. The van der Waals surface area contributed by atoms with Crippen molar-refractivity contribution in [3.8, 4) is 0 Å². The summed E-state index contributed by atoms with van der Waals surface area (Å²) in [6, 6.07) is 7.28. The molecule has 0 fully saturated rings. The third-order valence-corrected chi connectivity index (χ3v) is 6.63. The molecule has 0 saturated carbocycles. The molecule has 0 spiro atoms. The van der Waals surface area contributed by atoms with Crippen molar-refractivity contribution in [1.29, 1.82) is 0 Å². The van der Waals surface area contributed by atoms with Crippen LogP contribution >= 0.6 is 23.2 Å². The minimum atomic E-state index is -2.70. The van der Waals surface area contributed by atoms with Gasteiger partial charge in [-0.3, -0.25) is 14.3 Å². The second kappa shape index (κ2) is 9.35. The third kappa shape index (κ3) is 4.51. The van der Waals surface area contributed by atoms with E-state index in [9.17, 15) is 27.2 Å². The van der Waals surface area contributed by atoms with Gasteiger partial charge in [0.05, 0.1) is 23.7 Å². The molecule has 1 unspecified atom stereocenters. The molecule has 1 atom stereocenters. The summed E-state index contributed by atoms with van der Waals surface area (Å²) in [5, 5.41) is 9.99. The molecule has 1 aromatic heterocycles. The number of fused-ring (bicyclic) bond motifs is 3. The number of nitrogens with zero attached hydrogens (tertiary/aromatic N) is 2. The first-order valence-electron chi connectivity index (χ1n) is 10.9. The minimum absolute atomic E-state index is 0.0152. The van der Waals surface area contributed by atoms with Crippen LogP contribution in [0.1, 0.15) is 43.6 Å². The van der Waals surface area contributed by atoms with E-state index in [1.54, 1.807) is 0 Å². The van der Waals surface area contributed by atoms with Crippen molar-refractivity contribution in [3.05, 3.63) is 92.1 Å². The van der Waals surface area contributed by atoms with Crippen LogP contribution in [0.2, 0.25) is 10.0 Å². The quantitative estimate of drug-likeness (QED) is 0.297. The lowest BCUT2D eigenvalue weighted by atomic mass is 9.93. The summed E-state index contributed by atoms with van der Waals surface area (Å²) in [5.74, 6) is -2.74. The zero-order valence-corrected chi connectivity index (χ0v) is 20.4. The largest absolute Gasteiger partial charge is 0.341 e. The fourth-order valence-electron chi connectivity index (χ4n) is 4.54. The second-order valence-corrected chi connectivity index (χ2v) is 9.30. The summed E-state index contributed by atoms with van der Waals surface area (Å²) < 4.78 is 56.0. The maximum atomic E-state index is 14.1. The Labute approximate surface area is 217 Å². The van der Waals surface area contributed by atoms with Gasteiger partial charge >= 0.3 is 0 Å². The number of carbonyl (C=O) groups excluding carboxylic acids is 2. The predicted octanol–water partition coefficient (Wildman–Crippen LogP) is 6.05. The molecule has 5 rings (SSSR count). The van der Waals surface area contributed by atoms with Crippen molar-refractivity contribution in [1.82, 2.24) is 15.1 Å². The van der Waals surface area contributed by atoms with Crippen molar-refractivity contribution < 1.29 is 27.2 Å². The van der Waals surface area contributed by atoms with Gasteiger partial charge in [0.1, 0.15) is 17.2 Å². The molecule has 12 heteroatoms. The zero-order chi connectivity index (χ0) is 26.6. The maximum Gasteiger partial charge on any atom is 0.255 e. The first-order valence-corrected chi connectivity index (χ1v) is 11.6. The molecule has 2 N–H and O–H groups in total. The Bertz CT molecular complexity index is 1590. The molecule has 0 radical (unpaired) electrons. The number of aromatic nitrogens is 2. The van der Waals surface area contributed by atoms with Gasteiger partial charge in [-0.25, -0.2) is 17.6 Å². The number of alkyl halides is 2. The lowest BCUT2D eigenvalue weighted by molar-refractivity contribution is 0.0960. The predicted molar refractivity (Wildman–Crippen MR) is 131 cm³/mol. The number of nitrogens with one attached hydrogen (secondary N) is 2. The van der Waals surface area contributed by atoms with E-state index in [0.717, 1.165) is 24.3 Å². The van der Waals surface area contributed by atoms with E-state index in [1.165, 1.54) is 29.9 Å². The number of anilines is 1. The van der Waals surface area contributed by atoms with Crippen molar-refractivity contribution >= 4 is 51.6 Å².